The highest BCUT2D eigenvalue weighted by Crippen LogP contribution is 2.37. The third kappa shape index (κ3) is 4.27. The van der Waals surface area contributed by atoms with Crippen molar-refractivity contribution in [1.29, 1.82) is 0 Å². The van der Waals surface area contributed by atoms with Crippen LogP contribution in [0.2, 0.25) is 0 Å². The maximum Gasteiger partial charge on any atom is 0.270 e. The van der Waals surface area contributed by atoms with Crippen LogP contribution in [0.5, 0.6) is 0 Å². The molecular formula is C21H20N4O3S. The van der Waals surface area contributed by atoms with Crippen molar-refractivity contribution in [3.8, 4) is 10.6 Å². The van der Waals surface area contributed by atoms with Crippen LogP contribution in [0.4, 0.5) is 0 Å². The lowest BCUT2D eigenvalue weighted by Gasteiger charge is -2.11. The second kappa shape index (κ2) is 8.00. The summed E-state index contributed by atoms with van der Waals surface area (Å²) in [7, 11) is 0. The molecule has 0 spiro atoms. The second-order valence-corrected chi connectivity index (χ2v) is 8.04. The SMILES string of the molecule is C[C@H]1C[C@H]1C(=O)NCC(=O)NNC(=O)c1cc(-c2cccs2)nc2ccccc12. The highest BCUT2D eigenvalue weighted by molar-refractivity contribution is 7.13. The fourth-order valence-electron chi connectivity index (χ4n) is 3.14. The predicted molar refractivity (Wildman–Crippen MR) is 111 cm³/mol. The van der Waals surface area contributed by atoms with Gasteiger partial charge in [0.15, 0.2) is 0 Å². The molecule has 1 fully saturated rings. The number of hydrazine groups is 1. The van der Waals surface area contributed by atoms with Gasteiger partial charge in [0, 0.05) is 11.3 Å². The van der Waals surface area contributed by atoms with Gasteiger partial charge in [-0.1, -0.05) is 31.2 Å². The van der Waals surface area contributed by atoms with Crippen molar-refractivity contribution >= 4 is 40.0 Å². The monoisotopic (exact) mass is 408 g/mol. The average molecular weight is 408 g/mol. The Morgan fingerprint density at radius 3 is 2.66 bits per heavy atom. The number of carbonyl (C=O) groups excluding carboxylic acids is 3. The molecule has 2 aromatic heterocycles. The summed E-state index contributed by atoms with van der Waals surface area (Å²) >= 11 is 1.54. The normalized spacial score (nSPS) is 17.6. The number of pyridine rings is 1. The molecule has 1 aliphatic carbocycles. The van der Waals surface area contributed by atoms with Gasteiger partial charge < -0.3 is 5.32 Å². The first kappa shape index (κ1) is 19.1. The number of fused-ring (bicyclic) bond motifs is 1. The Hall–Kier alpha value is -3.26. The third-order valence-electron chi connectivity index (χ3n) is 4.92. The summed E-state index contributed by atoms with van der Waals surface area (Å²) in [5.41, 5.74) is 6.58. The lowest BCUT2D eigenvalue weighted by atomic mass is 10.1. The van der Waals surface area contributed by atoms with Crippen LogP contribution in [0.3, 0.4) is 0 Å². The molecular weight excluding hydrogens is 388 g/mol. The van der Waals surface area contributed by atoms with Gasteiger partial charge in [0.1, 0.15) is 0 Å². The minimum absolute atomic E-state index is 0.00348. The predicted octanol–water partition coefficient (Wildman–Crippen LogP) is 2.50. The number of amides is 3. The number of hydrogen-bond acceptors (Lipinski definition) is 5. The molecule has 8 heteroatoms. The van der Waals surface area contributed by atoms with Gasteiger partial charge in [0.05, 0.1) is 28.2 Å². The highest BCUT2D eigenvalue weighted by atomic mass is 32.1. The van der Waals surface area contributed by atoms with Crippen LogP contribution in [-0.4, -0.2) is 29.3 Å². The molecule has 0 radical (unpaired) electrons. The van der Waals surface area contributed by atoms with E-state index < -0.39 is 11.8 Å². The molecule has 148 valence electrons. The van der Waals surface area contributed by atoms with E-state index in [0.29, 0.717) is 28.1 Å². The molecule has 29 heavy (non-hydrogen) atoms. The average Bonchev–Trinajstić information content (AvgIpc) is 3.23. The van der Waals surface area contributed by atoms with Crippen molar-refractivity contribution in [2.75, 3.05) is 6.54 Å². The molecule has 2 atom stereocenters. The van der Waals surface area contributed by atoms with Crippen LogP contribution in [0.25, 0.3) is 21.5 Å². The molecule has 0 saturated heterocycles. The first-order chi connectivity index (χ1) is 14.0. The maximum absolute atomic E-state index is 12.7. The van der Waals surface area contributed by atoms with Gasteiger partial charge in [-0.2, -0.15) is 0 Å². The van der Waals surface area contributed by atoms with E-state index in [4.69, 9.17) is 0 Å². The Bertz CT molecular complexity index is 1080. The molecule has 0 aliphatic heterocycles. The molecule has 1 saturated carbocycles. The largest absolute Gasteiger partial charge is 0.347 e. The Morgan fingerprint density at radius 2 is 1.93 bits per heavy atom. The van der Waals surface area contributed by atoms with E-state index in [9.17, 15) is 14.4 Å². The van der Waals surface area contributed by atoms with Crippen molar-refractivity contribution < 1.29 is 14.4 Å². The van der Waals surface area contributed by atoms with E-state index in [0.717, 1.165) is 11.3 Å². The molecule has 0 bridgehead atoms. The molecule has 3 amide bonds. The van der Waals surface area contributed by atoms with Crippen LogP contribution >= 0.6 is 11.3 Å². The van der Waals surface area contributed by atoms with Crippen LogP contribution in [0.1, 0.15) is 23.7 Å². The first-order valence-corrected chi connectivity index (χ1v) is 10.2. The number of nitrogens with one attached hydrogen (secondary N) is 3. The van der Waals surface area contributed by atoms with Crippen LogP contribution in [-0.2, 0) is 9.59 Å². The maximum atomic E-state index is 12.7. The number of thiophene rings is 1. The Balaban J connectivity index is 1.45. The molecule has 3 N–H and O–H groups in total. The molecule has 3 aromatic rings. The van der Waals surface area contributed by atoms with Crippen molar-refractivity contribution in [2.24, 2.45) is 11.8 Å². The third-order valence-corrected chi connectivity index (χ3v) is 5.81. The summed E-state index contributed by atoms with van der Waals surface area (Å²) in [6.45, 7) is 1.81. The lowest BCUT2D eigenvalue weighted by molar-refractivity contribution is -0.127. The number of hydrogen-bond donors (Lipinski definition) is 3. The van der Waals surface area contributed by atoms with Gasteiger partial charge in [-0.3, -0.25) is 25.2 Å². The van der Waals surface area contributed by atoms with Crippen LogP contribution in [0, 0.1) is 11.8 Å². The summed E-state index contributed by atoms with van der Waals surface area (Å²) in [5, 5.41) is 5.22. The second-order valence-electron chi connectivity index (χ2n) is 7.09. The van der Waals surface area contributed by atoms with Crippen molar-refractivity contribution in [3.05, 3.63) is 53.4 Å². The van der Waals surface area contributed by atoms with E-state index in [-0.39, 0.29) is 18.4 Å². The van der Waals surface area contributed by atoms with Gasteiger partial charge in [-0.15, -0.1) is 11.3 Å². The fourth-order valence-corrected chi connectivity index (χ4v) is 3.82. The Kier molecular flexibility index (Phi) is 5.26. The zero-order valence-corrected chi connectivity index (χ0v) is 16.6. The zero-order valence-electron chi connectivity index (χ0n) is 15.8. The number of benzene rings is 1. The van der Waals surface area contributed by atoms with E-state index >= 15 is 0 Å². The van der Waals surface area contributed by atoms with Crippen molar-refractivity contribution in [1.82, 2.24) is 21.2 Å². The standard InChI is InChI=1S/C21H20N4O3S/c1-12-9-14(12)20(27)22-11-19(26)24-25-21(28)15-10-17(18-7-4-8-29-18)23-16-6-3-2-5-13(15)16/h2-8,10,12,14H,9,11H2,1H3,(H,22,27)(H,24,26)(H,25,28)/t12-,14+/m0/s1. The van der Waals surface area contributed by atoms with Gasteiger partial charge >= 0.3 is 0 Å². The highest BCUT2D eigenvalue weighted by Gasteiger charge is 2.38. The van der Waals surface area contributed by atoms with E-state index in [1.54, 1.807) is 6.07 Å². The summed E-state index contributed by atoms with van der Waals surface area (Å²) in [6, 6.07) is 12.9. The molecule has 7 nitrogen and oxygen atoms in total. The Morgan fingerprint density at radius 1 is 1.14 bits per heavy atom. The number of carbonyl (C=O) groups is 3. The summed E-state index contributed by atoms with van der Waals surface area (Å²) in [6.07, 6.45) is 0.853. The minimum atomic E-state index is -0.489. The van der Waals surface area contributed by atoms with E-state index in [2.05, 4.69) is 21.2 Å². The smallest absolute Gasteiger partial charge is 0.270 e. The van der Waals surface area contributed by atoms with Gasteiger partial charge in [0.2, 0.25) is 5.91 Å². The summed E-state index contributed by atoms with van der Waals surface area (Å²) in [5.74, 6) is -0.694. The van der Waals surface area contributed by atoms with Crippen molar-refractivity contribution in [3.63, 3.8) is 0 Å². The van der Waals surface area contributed by atoms with Gasteiger partial charge in [0.25, 0.3) is 11.8 Å². The van der Waals surface area contributed by atoms with Gasteiger partial charge in [-0.25, -0.2) is 4.98 Å². The van der Waals surface area contributed by atoms with E-state index in [1.807, 2.05) is 48.7 Å². The molecule has 1 aromatic carbocycles. The lowest BCUT2D eigenvalue weighted by Crippen LogP contribution is -2.46. The van der Waals surface area contributed by atoms with Crippen LogP contribution in [0.15, 0.2) is 47.8 Å². The summed E-state index contributed by atoms with van der Waals surface area (Å²) < 4.78 is 0. The quantitative estimate of drug-likeness (QED) is 0.565. The Labute approximate surface area is 171 Å². The number of rotatable bonds is 5. The van der Waals surface area contributed by atoms with Gasteiger partial charge in [-0.05, 0) is 35.9 Å². The number of para-hydroxylation sites is 1. The van der Waals surface area contributed by atoms with Crippen LogP contribution < -0.4 is 16.2 Å². The molecule has 0 unspecified atom stereocenters. The minimum Gasteiger partial charge on any atom is -0.347 e. The van der Waals surface area contributed by atoms with E-state index in [1.165, 1.54) is 11.3 Å². The number of aromatic nitrogens is 1. The summed E-state index contributed by atoms with van der Waals surface area (Å²) in [4.78, 5) is 42.1. The first-order valence-electron chi connectivity index (χ1n) is 9.33. The molecule has 4 rings (SSSR count). The number of nitrogens with zero attached hydrogens (tertiary/aromatic N) is 1. The topological polar surface area (TPSA) is 100 Å². The molecule has 1 aliphatic rings. The zero-order chi connectivity index (χ0) is 20.4. The van der Waals surface area contributed by atoms with Crippen molar-refractivity contribution in [2.45, 2.75) is 13.3 Å². The fraction of sp³-hybridized carbons (Fsp3) is 0.238. The molecule has 2 heterocycles.